The van der Waals surface area contributed by atoms with E-state index in [0.29, 0.717) is 0 Å². The molecule has 0 saturated carbocycles. The van der Waals surface area contributed by atoms with Gasteiger partial charge in [-0.3, -0.25) is 0 Å². The molecular weight excluding hydrogens is 824 g/mol. The van der Waals surface area contributed by atoms with Crippen molar-refractivity contribution in [3.05, 3.63) is 0 Å². The second-order valence-electron chi connectivity index (χ2n) is 19.8. The van der Waals surface area contributed by atoms with E-state index in [-0.39, 0.29) is 0 Å². The number of hydrogen-bond acceptors (Lipinski definition) is 6. The monoisotopic (exact) mass is 935 g/mol. The zero-order chi connectivity index (χ0) is 43.8. The summed E-state index contributed by atoms with van der Waals surface area (Å²) in [6.07, 6.45) is 69.2. The van der Waals surface area contributed by atoms with Gasteiger partial charge in [0.2, 0.25) is 0 Å². The first kappa shape index (κ1) is 60.4. The maximum atomic E-state index is 7.06. The molecule has 0 N–H and O–H groups in total. The molecule has 0 unspecified atom stereocenters. The first-order valence-electron chi connectivity index (χ1n) is 28.3. The predicted molar refractivity (Wildman–Crippen MR) is 286 cm³/mol. The summed E-state index contributed by atoms with van der Waals surface area (Å²) in [5.74, 6) is 0. The van der Waals surface area contributed by atoms with Crippen molar-refractivity contribution < 1.29 is 12.5 Å². The molecule has 1 aliphatic heterocycles. The van der Waals surface area contributed by atoms with Crippen LogP contribution in [0.3, 0.4) is 0 Å². The average molecular weight is 936 g/mol. The molecule has 0 aliphatic carbocycles. The second-order valence-corrected chi connectivity index (χ2v) is 27.4. The molecule has 3 nitrogen and oxygen atoms in total. The maximum absolute atomic E-state index is 7.06. The fourth-order valence-corrected chi connectivity index (χ4v) is 19.8. The van der Waals surface area contributed by atoms with Crippen LogP contribution in [0.4, 0.5) is 0 Å². The van der Waals surface area contributed by atoms with Gasteiger partial charge in [0.1, 0.15) is 0 Å². The van der Waals surface area contributed by atoms with Crippen LogP contribution in [0.2, 0.25) is 0 Å². The first-order chi connectivity index (χ1) is 30.2. The van der Waals surface area contributed by atoms with E-state index in [1.807, 2.05) is 0 Å². The summed E-state index contributed by atoms with van der Waals surface area (Å²) in [5.41, 5.74) is 0. The summed E-state index contributed by atoms with van der Waals surface area (Å²) in [6, 6.07) is 0. The zero-order valence-electron chi connectivity index (χ0n) is 42.0. The molecular formula is C54H111O3PS3. The molecule has 1 aliphatic rings. The molecule has 0 bridgehead atoms. The van der Waals surface area contributed by atoms with E-state index in [1.54, 1.807) is 32.0 Å². The third kappa shape index (κ3) is 39.1. The van der Waals surface area contributed by atoms with Crippen LogP contribution in [0.5, 0.6) is 0 Å². The van der Waals surface area contributed by atoms with E-state index >= 15 is 0 Å². The Bertz CT molecular complexity index is 804. The van der Waals surface area contributed by atoms with Crippen molar-refractivity contribution in [3.8, 4) is 0 Å². The summed E-state index contributed by atoms with van der Waals surface area (Å²) in [7, 11) is -1.52. The van der Waals surface area contributed by atoms with Crippen molar-refractivity contribution >= 4 is 39.3 Å². The minimum atomic E-state index is -3.15. The topological polar surface area (TPSA) is 27.7 Å². The molecule has 61 heavy (non-hydrogen) atoms. The Morgan fingerprint density at radius 2 is 0.459 bits per heavy atom. The van der Waals surface area contributed by atoms with Gasteiger partial charge in [-0.25, -0.2) is 0 Å². The molecule has 7 heteroatoms. The molecule has 0 amide bonds. The summed E-state index contributed by atoms with van der Waals surface area (Å²) in [5, 5.41) is 0. The molecule has 368 valence electrons. The van der Waals surface area contributed by atoms with Gasteiger partial charge in [0.15, 0.2) is 0 Å². The molecule has 0 aromatic rings. The average Bonchev–Trinajstić information content (AvgIpc) is 3.27. The van der Waals surface area contributed by atoms with Crippen LogP contribution in [0, 0.1) is 0 Å². The Balaban J connectivity index is 2.36. The molecule has 0 atom stereocenters. The van der Waals surface area contributed by atoms with E-state index in [1.165, 1.54) is 302 Å². The van der Waals surface area contributed by atoms with Gasteiger partial charge in [0, 0.05) is 0 Å². The summed E-state index contributed by atoms with van der Waals surface area (Å²) in [4.78, 5) is 0. The third-order valence-corrected chi connectivity index (χ3v) is 22.5. The Morgan fingerprint density at radius 3 is 0.689 bits per heavy atom. The number of unbranched alkanes of at least 4 members (excludes halogenated alkanes) is 45. The van der Waals surface area contributed by atoms with Gasteiger partial charge in [-0.2, -0.15) is 0 Å². The Morgan fingerprint density at radius 1 is 0.262 bits per heavy atom. The van der Waals surface area contributed by atoms with Gasteiger partial charge in [0.25, 0.3) is 0 Å². The fraction of sp³-hybridized carbons (Fsp3) is 1.00. The molecule has 1 rings (SSSR count). The van der Waals surface area contributed by atoms with Gasteiger partial charge < -0.3 is 0 Å². The Hall–Kier alpha value is 1.36. The van der Waals surface area contributed by atoms with Crippen molar-refractivity contribution in [1.29, 1.82) is 0 Å². The van der Waals surface area contributed by atoms with Crippen molar-refractivity contribution in [1.82, 2.24) is 0 Å². The van der Waals surface area contributed by atoms with E-state index < -0.39 is 7.28 Å². The molecule has 1 saturated heterocycles. The fourth-order valence-electron chi connectivity index (χ4n) is 9.47. The van der Waals surface area contributed by atoms with Crippen LogP contribution in [0.1, 0.15) is 329 Å². The number of rotatable bonds is 52. The van der Waals surface area contributed by atoms with Gasteiger partial charge in [0.05, 0.1) is 0 Å². The normalized spacial score (nSPS) is 15.6. The van der Waals surface area contributed by atoms with Gasteiger partial charge in [-0.1, -0.05) is 124 Å². The summed E-state index contributed by atoms with van der Waals surface area (Å²) in [6.45, 7) is 7.74. The zero-order valence-corrected chi connectivity index (χ0v) is 45.3. The molecule has 1 heterocycles. The van der Waals surface area contributed by atoms with Crippen molar-refractivity contribution in [2.75, 3.05) is 18.9 Å². The molecule has 0 aromatic carbocycles. The summed E-state index contributed by atoms with van der Waals surface area (Å²) < 4.78 is 20.6. The standard InChI is InChI=1S/C54H111O3PS3/c1-4-7-10-13-16-19-22-25-28-31-34-37-40-43-46-49-52-55-58(56-59-61-60-57-58,53-50-47-44-41-38-35-32-29-26-23-20-17-14-11-8-5-2)54-51-48-45-42-39-36-33-30-27-24-21-18-15-12-9-6-3/h4-54H2,1-3H3. The van der Waals surface area contributed by atoms with Crippen LogP contribution in [0.15, 0.2) is 0 Å². The SMILES string of the molecule is CCCCCCCCCCCCCCCCCCOP1(CCCCCCCCCCCCCCCCCC)(CCCCCCCCCCCCCCCCCC)OSSSO1. The van der Waals surface area contributed by atoms with Gasteiger partial charge in [-0.05, 0) is 0 Å². The Labute approximate surface area is 397 Å². The van der Waals surface area contributed by atoms with Crippen LogP contribution in [-0.4, -0.2) is 18.9 Å². The Kier molecular flexibility index (Phi) is 47.3. The van der Waals surface area contributed by atoms with Crippen LogP contribution in [0.25, 0.3) is 0 Å². The van der Waals surface area contributed by atoms with E-state index in [4.69, 9.17) is 12.5 Å². The van der Waals surface area contributed by atoms with E-state index in [2.05, 4.69) is 20.8 Å². The van der Waals surface area contributed by atoms with E-state index in [9.17, 15) is 0 Å². The van der Waals surface area contributed by atoms with Crippen LogP contribution < -0.4 is 0 Å². The molecule has 0 aromatic heterocycles. The van der Waals surface area contributed by atoms with Crippen LogP contribution >= 0.6 is 39.3 Å². The van der Waals surface area contributed by atoms with Crippen molar-refractivity contribution in [2.45, 2.75) is 329 Å². The van der Waals surface area contributed by atoms with E-state index in [0.717, 1.165) is 25.4 Å². The first-order valence-corrected chi connectivity index (χ1v) is 34.0. The van der Waals surface area contributed by atoms with Gasteiger partial charge >= 0.3 is 276 Å². The quantitative estimate of drug-likeness (QED) is 0.0261. The van der Waals surface area contributed by atoms with Crippen molar-refractivity contribution in [2.24, 2.45) is 0 Å². The third-order valence-electron chi connectivity index (χ3n) is 13.7. The second kappa shape index (κ2) is 47.8. The number of hydrogen-bond donors (Lipinski definition) is 0. The van der Waals surface area contributed by atoms with Gasteiger partial charge in [-0.15, -0.1) is 0 Å². The molecule has 1 fully saturated rings. The van der Waals surface area contributed by atoms with Crippen molar-refractivity contribution in [3.63, 3.8) is 0 Å². The minimum absolute atomic E-state index is 0.805. The predicted octanol–water partition coefficient (Wildman–Crippen LogP) is 23.0. The summed E-state index contributed by atoms with van der Waals surface area (Å²) >= 11 is 3.11. The molecule has 0 radical (unpaired) electrons. The van der Waals surface area contributed by atoms with Crippen LogP contribution in [-0.2, 0) is 12.5 Å². The molecule has 0 spiro atoms.